The van der Waals surface area contributed by atoms with Gasteiger partial charge in [-0.3, -0.25) is 4.79 Å². The lowest BCUT2D eigenvalue weighted by Crippen LogP contribution is -2.27. The second-order valence-electron chi connectivity index (χ2n) is 6.32. The fourth-order valence-electron chi connectivity index (χ4n) is 2.61. The second kappa shape index (κ2) is 9.97. The Morgan fingerprint density at radius 2 is 1.85 bits per heavy atom. The van der Waals surface area contributed by atoms with Gasteiger partial charge in [0.2, 0.25) is 0 Å². The van der Waals surface area contributed by atoms with Gasteiger partial charge in [0.25, 0.3) is 5.91 Å². The zero-order valence-electron chi connectivity index (χ0n) is 15.5. The van der Waals surface area contributed by atoms with Gasteiger partial charge in [-0.15, -0.1) is 0 Å². The Hall–Kier alpha value is -2.53. The summed E-state index contributed by atoms with van der Waals surface area (Å²) in [5.41, 5.74) is 1.39. The van der Waals surface area contributed by atoms with Gasteiger partial charge in [0, 0.05) is 5.02 Å². The van der Waals surface area contributed by atoms with Crippen LogP contribution in [0, 0.1) is 0 Å². The highest BCUT2D eigenvalue weighted by Crippen LogP contribution is 2.24. The quantitative estimate of drug-likeness (QED) is 0.585. The maximum atomic E-state index is 12.7. The fraction of sp³-hybridized carbons (Fsp3) is 0.333. The number of aromatic carboxylic acids is 1. The van der Waals surface area contributed by atoms with Gasteiger partial charge in [-0.25, -0.2) is 4.79 Å². The number of unbranched alkanes of at least 4 members (excludes halogenated alkanes) is 2. The predicted molar refractivity (Wildman–Crippen MR) is 106 cm³/mol. The average Bonchev–Trinajstić information content (AvgIpc) is 2.66. The van der Waals surface area contributed by atoms with Crippen LogP contribution in [-0.2, 0) is 0 Å². The van der Waals surface area contributed by atoms with Crippen LogP contribution >= 0.6 is 11.6 Å². The molecule has 0 radical (unpaired) electrons. The summed E-state index contributed by atoms with van der Waals surface area (Å²) in [7, 11) is 0. The van der Waals surface area contributed by atoms with Crippen LogP contribution in [0.3, 0.4) is 0 Å². The number of halogens is 1. The Bertz CT molecular complexity index is 789. The van der Waals surface area contributed by atoms with Gasteiger partial charge >= 0.3 is 5.97 Å². The van der Waals surface area contributed by atoms with Gasteiger partial charge in [0.15, 0.2) is 0 Å². The number of benzene rings is 2. The number of carbonyl (C=O) groups is 2. The van der Waals surface area contributed by atoms with Crippen molar-refractivity contribution in [3.8, 4) is 5.75 Å². The van der Waals surface area contributed by atoms with E-state index in [1.54, 1.807) is 30.3 Å². The molecule has 0 saturated heterocycles. The maximum absolute atomic E-state index is 12.7. The Balaban J connectivity index is 2.09. The average molecular weight is 390 g/mol. The molecular formula is C21H24ClNO4. The summed E-state index contributed by atoms with van der Waals surface area (Å²) in [5.74, 6) is -0.777. The first-order valence-electron chi connectivity index (χ1n) is 8.98. The Morgan fingerprint density at radius 1 is 1.15 bits per heavy atom. The normalized spacial score (nSPS) is 11.7. The van der Waals surface area contributed by atoms with Crippen molar-refractivity contribution in [3.05, 3.63) is 64.2 Å². The molecule has 27 heavy (non-hydrogen) atoms. The molecule has 2 rings (SSSR count). The highest BCUT2D eigenvalue weighted by atomic mass is 35.5. The van der Waals surface area contributed by atoms with E-state index < -0.39 is 5.97 Å². The van der Waals surface area contributed by atoms with E-state index in [-0.39, 0.29) is 17.5 Å². The summed E-state index contributed by atoms with van der Waals surface area (Å²) in [6, 6.07) is 11.1. The smallest absolute Gasteiger partial charge is 0.335 e. The lowest BCUT2D eigenvalue weighted by atomic mass is 10.1. The van der Waals surface area contributed by atoms with Crippen LogP contribution in [-0.4, -0.2) is 23.6 Å². The molecule has 0 aromatic heterocycles. The number of carboxylic acids is 1. The van der Waals surface area contributed by atoms with Crippen LogP contribution in [0.15, 0.2) is 42.5 Å². The zero-order valence-corrected chi connectivity index (χ0v) is 16.3. The Kier molecular flexibility index (Phi) is 7.67. The van der Waals surface area contributed by atoms with E-state index in [1.165, 1.54) is 12.1 Å². The number of carbonyl (C=O) groups excluding carboxylic acids is 1. The van der Waals surface area contributed by atoms with E-state index in [2.05, 4.69) is 12.2 Å². The molecule has 0 unspecified atom stereocenters. The topological polar surface area (TPSA) is 75.6 Å². The third-order valence-corrected chi connectivity index (χ3v) is 4.43. The molecule has 2 aromatic rings. The molecule has 0 bridgehead atoms. The van der Waals surface area contributed by atoms with Crippen LogP contribution in [0.1, 0.15) is 65.4 Å². The van der Waals surface area contributed by atoms with Crippen LogP contribution < -0.4 is 10.1 Å². The highest BCUT2D eigenvalue weighted by Gasteiger charge is 2.17. The van der Waals surface area contributed by atoms with E-state index in [9.17, 15) is 9.59 Å². The first-order chi connectivity index (χ1) is 12.9. The number of hydrogen-bond acceptors (Lipinski definition) is 3. The van der Waals surface area contributed by atoms with Gasteiger partial charge in [-0.1, -0.05) is 43.5 Å². The molecule has 5 nitrogen and oxygen atoms in total. The molecule has 0 spiro atoms. The van der Waals surface area contributed by atoms with Crippen molar-refractivity contribution in [1.29, 1.82) is 0 Å². The van der Waals surface area contributed by atoms with Crippen LogP contribution in [0.2, 0.25) is 5.02 Å². The summed E-state index contributed by atoms with van der Waals surface area (Å²) in [6.45, 7) is 4.49. The van der Waals surface area contributed by atoms with Gasteiger partial charge in [0.1, 0.15) is 5.75 Å². The molecule has 0 aliphatic rings. The Morgan fingerprint density at radius 3 is 2.48 bits per heavy atom. The fourth-order valence-corrected chi connectivity index (χ4v) is 2.78. The molecule has 2 aromatic carbocycles. The molecule has 6 heteroatoms. The third-order valence-electron chi connectivity index (χ3n) is 4.20. The summed E-state index contributed by atoms with van der Waals surface area (Å²) >= 11 is 6.05. The predicted octanol–water partition coefficient (Wildman–Crippen LogP) is 5.10. The van der Waals surface area contributed by atoms with E-state index in [1.807, 2.05) is 6.92 Å². The number of nitrogens with one attached hydrogen (secondary N) is 1. The number of rotatable bonds is 9. The van der Waals surface area contributed by atoms with Crippen molar-refractivity contribution in [2.75, 3.05) is 6.61 Å². The van der Waals surface area contributed by atoms with E-state index >= 15 is 0 Å². The molecule has 0 saturated carbocycles. The minimum atomic E-state index is -0.984. The summed E-state index contributed by atoms with van der Waals surface area (Å²) in [4.78, 5) is 23.7. The Labute approximate surface area is 164 Å². The maximum Gasteiger partial charge on any atom is 0.335 e. The number of ether oxygens (including phenoxy) is 1. The van der Waals surface area contributed by atoms with Crippen molar-refractivity contribution in [1.82, 2.24) is 5.32 Å². The van der Waals surface area contributed by atoms with Crippen molar-refractivity contribution >= 4 is 23.5 Å². The third kappa shape index (κ3) is 6.00. The van der Waals surface area contributed by atoms with Gasteiger partial charge in [-0.05, 0) is 49.2 Å². The monoisotopic (exact) mass is 389 g/mol. The lowest BCUT2D eigenvalue weighted by Gasteiger charge is -2.17. The minimum Gasteiger partial charge on any atom is -0.493 e. The highest BCUT2D eigenvalue weighted by molar-refractivity contribution is 6.31. The summed E-state index contributed by atoms with van der Waals surface area (Å²) in [5, 5.41) is 12.3. The number of amides is 1. The molecule has 144 valence electrons. The largest absolute Gasteiger partial charge is 0.493 e. The van der Waals surface area contributed by atoms with Gasteiger partial charge in [0.05, 0.1) is 23.8 Å². The van der Waals surface area contributed by atoms with Crippen molar-refractivity contribution in [2.45, 2.75) is 39.2 Å². The molecule has 1 atom stereocenters. The van der Waals surface area contributed by atoms with Crippen LogP contribution in [0.25, 0.3) is 0 Å². The van der Waals surface area contributed by atoms with Crippen LogP contribution in [0.5, 0.6) is 5.75 Å². The van der Waals surface area contributed by atoms with E-state index in [0.717, 1.165) is 24.8 Å². The molecule has 2 N–H and O–H groups in total. The molecule has 0 aliphatic carbocycles. The van der Waals surface area contributed by atoms with Gasteiger partial charge in [-0.2, -0.15) is 0 Å². The molecule has 0 heterocycles. The summed E-state index contributed by atoms with van der Waals surface area (Å²) in [6.07, 6.45) is 3.08. The zero-order chi connectivity index (χ0) is 19.8. The molecule has 0 aliphatic heterocycles. The standard InChI is InChI=1S/C21H24ClNO4/c1-3-4-5-12-27-19-11-10-17(22)13-18(19)20(24)23-14(2)15-6-8-16(9-7-15)21(25)26/h6-11,13-14H,3-5,12H2,1-2H3,(H,23,24)(H,25,26)/t14-/m0/s1. The molecular weight excluding hydrogens is 366 g/mol. The lowest BCUT2D eigenvalue weighted by molar-refractivity contribution is 0.0696. The first kappa shape index (κ1) is 20.8. The van der Waals surface area contributed by atoms with Gasteiger partial charge < -0.3 is 15.2 Å². The SMILES string of the molecule is CCCCCOc1ccc(Cl)cc1C(=O)N[C@@H](C)c1ccc(C(=O)O)cc1. The van der Waals surface area contributed by atoms with Crippen LogP contribution in [0.4, 0.5) is 0 Å². The van der Waals surface area contributed by atoms with E-state index in [0.29, 0.717) is 22.9 Å². The van der Waals surface area contributed by atoms with E-state index in [4.69, 9.17) is 21.4 Å². The summed E-state index contributed by atoms with van der Waals surface area (Å²) < 4.78 is 5.76. The minimum absolute atomic E-state index is 0.204. The van der Waals surface area contributed by atoms with Crippen molar-refractivity contribution in [2.24, 2.45) is 0 Å². The number of hydrogen-bond donors (Lipinski definition) is 2. The molecule has 1 amide bonds. The van der Waals surface area contributed by atoms with Crippen molar-refractivity contribution < 1.29 is 19.4 Å². The first-order valence-corrected chi connectivity index (χ1v) is 9.36. The molecule has 0 fully saturated rings. The second-order valence-corrected chi connectivity index (χ2v) is 6.75. The number of carboxylic acid groups (broad SMARTS) is 1. The van der Waals surface area contributed by atoms with Crippen molar-refractivity contribution in [3.63, 3.8) is 0 Å².